The molecule has 5 heteroatoms. The van der Waals surface area contributed by atoms with Crippen LogP contribution in [0.15, 0.2) is 34.8 Å². The van der Waals surface area contributed by atoms with E-state index < -0.39 is 23.5 Å². The number of halogens is 4. The maximum absolute atomic E-state index is 14.0. The molecule has 2 rings (SSSR count). The van der Waals surface area contributed by atoms with Crippen molar-refractivity contribution in [3.63, 3.8) is 0 Å². The largest absolute Gasteiger partial charge is 0.309 e. The number of rotatable bonds is 3. The van der Waals surface area contributed by atoms with Crippen molar-refractivity contribution in [2.75, 3.05) is 7.05 Å². The molecule has 0 amide bonds. The third kappa shape index (κ3) is 3.04. The predicted molar refractivity (Wildman–Crippen MR) is 76.1 cm³/mol. The van der Waals surface area contributed by atoms with Crippen LogP contribution in [0, 0.1) is 24.4 Å². The number of benzene rings is 2. The van der Waals surface area contributed by atoms with Crippen LogP contribution in [0.1, 0.15) is 22.7 Å². The number of nitrogens with one attached hydrogen (secondary N) is 1. The van der Waals surface area contributed by atoms with E-state index in [9.17, 15) is 13.2 Å². The molecular formula is C15H13BrF3N. The molecule has 20 heavy (non-hydrogen) atoms. The molecule has 0 aromatic heterocycles. The topological polar surface area (TPSA) is 12.0 Å². The Hall–Kier alpha value is -1.33. The second-order valence-electron chi connectivity index (χ2n) is 4.55. The highest BCUT2D eigenvalue weighted by atomic mass is 79.9. The lowest BCUT2D eigenvalue weighted by Crippen LogP contribution is -2.19. The van der Waals surface area contributed by atoms with Crippen molar-refractivity contribution >= 4 is 15.9 Å². The first-order valence-corrected chi connectivity index (χ1v) is 6.80. The molecule has 0 heterocycles. The molecule has 0 aliphatic rings. The minimum absolute atomic E-state index is 0.281. The standard InChI is InChI=1S/C15H13BrF3N/c1-8-3-12(14(19)7-13(8)18)15(20-2)9-4-10(16)6-11(17)5-9/h3-7,15,20H,1-2H3. The van der Waals surface area contributed by atoms with Crippen LogP contribution in [0.25, 0.3) is 0 Å². The van der Waals surface area contributed by atoms with Gasteiger partial charge in [-0.05, 0) is 49.4 Å². The van der Waals surface area contributed by atoms with Crippen molar-refractivity contribution in [2.24, 2.45) is 0 Å². The number of hydrogen-bond donors (Lipinski definition) is 1. The minimum atomic E-state index is -0.659. The van der Waals surface area contributed by atoms with Crippen molar-refractivity contribution in [3.05, 3.63) is 68.9 Å². The van der Waals surface area contributed by atoms with Gasteiger partial charge in [0.15, 0.2) is 0 Å². The Morgan fingerprint density at radius 1 is 1.00 bits per heavy atom. The summed E-state index contributed by atoms with van der Waals surface area (Å²) in [6.45, 7) is 1.56. The molecule has 1 N–H and O–H groups in total. The van der Waals surface area contributed by atoms with E-state index in [-0.39, 0.29) is 5.56 Å². The van der Waals surface area contributed by atoms with Gasteiger partial charge in [-0.2, -0.15) is 0 Å². The van der Waals surface area contributed by atoms with Crippen molar-refractivity contribution in [1.82, 2.24) is 5.32 Å². The van der Waals surface area contributed by atoms with Crippen LogP contribution in [0.5, 0.6) is 0 Å². The Morgan fingerprint density at radius 3 is 2.30 bits per heavy atom. The summed E-state index contributed by atoms with van der Waals surface area (Å²) in [5.41, 5.74) is 1.19. The predicted octanol–water partition coefficient (Wildman–Crippen LogP) is 4.48. The summed E-state index contributed by atoms with van der Waals surface area (Å²) in [5.74, 6) is -1.68. The Kier molecular flexibility index (Phi) is 4.50. The summed E-state index contributed by atoms with van der Waals surface area (Å²) in [7, 11) is 1.64. The molecule has 0 saturated carbocycles. The van der Waals surface area contributed by atoms with E-state index in [1.165, 1.54) is 18.2 Å². The van der Waals surface area contributed by atoms with E-state index in [0.717, 1.165) is 6.07 Å². The van der Waals surface area contributed by atoms with Crippen molar-refractivity contribution in [2.45, 2.75) is 13.0 Å². The second-order valence-corrected chi connectivity index (χ2v) is 5.46. The minimum Gasteiger partial charge on any atom is -0.309 e. The normalized spacial score (nSPS) is 12.5. The molecule has 2 aromatic rings. The molecule has 1 atom stereocenters. The molecular weight excluding hydrogens is 331 g/mol. The van der Waals surface area contributed by atoms with Crippen LogP contribution in [0.2, 0.25) is 0 Å². The van der Waals surface area contributed by atoms with Gasteiger partial charge in [-0.3, -0.25) is 0 Å². The molecule has 1 unspecified atom stereocenters. The lowest BCUT2D eigenvalue weighted by molar-refractivity contribution is 0.545. The van der Waals surface area contributed by atoms with E-state index in [0.29, 0.717) is 15.6 Å². The SMILES string of the molecule is CNC(c1cc(F)cc(Br)c1)c1cc(C)c(F)cc1F. The van der Waals surface area contributed by atoms with Gasteiger partial charge in [0.05, 0.1) is 6.04 Å². The molecule has 0 bridgehead atoms. The van der Waals surface area contributed by atoms with Crippen LogP contribution in [0.4, 0.5) is 13.2 Å². The van der Waals surface area contributed by atoms with Crippen LogP contribution >= 0.6 is 15.9 Å². The molecule has 1 nitrogen and oxygen atoms in total. The summed E-state index contributed by atoms with van der Waals surface area (Å²) in [6.07, 6.45) is 0. The van der Waals surface area contributed by atoms with Crippen LogP contribution < -0.4 is 5.32 Å². The van der Waals surface area contributed by atoms with Gasteiger partial charge < -0.3 is 5.32 Å². The first kappa shape index (κ1) is 15.1. The molecule has 0 aliphatic heterocycles. The average Bonchev–Trinajstić information content (AvgIpc) is 2.35. The lowest BCUT2D eigenvalue weighted by Gasteiger charge is -2.19. The fourth-order valence-corrected chi connectivity index (χ4v) is 2.63. The highest BCUT2D eigenvalue weighted by molar-refractivity contribution is 9.10. The zero-order valence-electron chi connectivity index (χ0n) is 11.0. The molecule has 106 valence electrons. The third-order valence-electron chi connectivity index (χ3n) is 3.10. The van der Waals surface area contributed by atoms with Gasteiger partial charge in [0, 0.05) is 16.1 Å². The van der Waals surface area contributed by atoms with Gasteiger partial charge in [-0.15, -0.1) is 0 Å². The zero-order valence-corrected chi connectivity index (χ0v) is 12.6. The molecule has 0 spiro atoms. The summed E-state index contributed by atoms with van der Waals surface area (Å²) in [5, 5.41) is 2.93. The molecule has 0 saturated heterocycles. The van der Waals surface area contributed by atoms with E-state index in [4.69, 9.17) is 0 Å². The van der Waals surface area contributed by atoms with E-state index in [1.54, 1.807) is 20.0 Å². The fourth-order valence-electron chi connectivity index (χ4n) is 2.14. The van der Waals surface area contributed by atoms with Crippen LogP contribution in [-0.2, 0) is 0 Å². The highest BCUT2D eigenvalue weighted by Crippen LogP contribution is 2.28. The molecule has 2 aromatic carbocycles. The first-order valence-electron chi connectivity index (χ1n) is 6.01. The summed E-state index contributed by atoms with van der Waals surface area (Å²) in [6, 6.07) is 6.07. The van der Waals surface area contributed by atoms with Crippen molar-refractivity contribution < 1.29 is 13.2 Å². The van der Waals surface area contributed by atoms with Gasteiger partial charge in [0.1, 0.15) is 17.5 Å². The van der Waals surface area contributed by atoms with Gasteiger partial charge in [0.2, 0.25) is 0 Å². The van der Waals surface area contributed by atoms with E-state index >= 15 is 0 Å². The van der Waals surface area contributed by atoms with Crippen LogP contribution in [-0.4, -0.2) is 7.05 Å². The zero-order chi connectivity index (χ0) is 14.9. The highest BCUT2D eigenvalue weighted by Gasteiger charge is 2.19. The summed E-state index contributed by atoms with van der Waals surface area (Å²) in [4.78, 5) is 0. The lowest BCUT2D eigenvalue weighted by atomic mass is 9.96. The van der Waals surface area contributed by atoms with Gasteiger partial charge >= 0.3 is 0 Å². The number of hydrogen-bond acceptors (Lipinski definition) is 1. The van der Waals surface area contributed by atoms with Crippen molar-refractivity contribution in [3.8, 4) is 0 Å². The smallest absolute Gasteiger partial charge is 0.131 e. The Balaban J connectivity index is 2.55. The van der Waals surface area contributed by atoms with Crippen LogP contribution in [0.3, 0.4) is 0 Å². The maximum Gasteiger partial charge on any atom is 0.131 e. The molecule has 0 radical (unpaired) electrons. The Morgan fingerprint density at radius 2 is 1.70 bits per heavy atom. The van der Waals surface area contributed by atoms with Gasteiger partial charge in [-0.25, -0.2) is 13.2 Å². The third-order valence-corrected chi connectivity index (χ3v) is 3.55. The van der Waals surface area contributed by atoms with E-state index in [1.807, 2.05) is 0 Å². The fraction of sp³-hybridized carbons (Fsp3) is 0.200. The Bertz CT molecular complexity index is 623. The maximum atomic E-state index is 14.0. The molecule has 0 fully saturated rings. The summed E-state index contributed by atoms with van der Waals surface area (Å²) >= 11 is 3.21. The summed E-state index contributed by atoms with van der Waals surface area (Å²) < 4.78 is 41.3. The van der Waals surface area contributed by atoms with Gasteiger partial charge in [-0.1, -0.05) is 15.9 Å². The van der Waals surface area contributed by atoms with Crippen molar-refractivity contribution in [1.29, 1.82) is 0 Å². The van der Waals surface area contributed by atoms with Gasteiger partial charge in [0.25, 0.3) is 0 Å². The number of aryl methyl sites for hydroxylation is 1. The molecule has 0 aliphatic carbocycles. The second kappa shape index (κ2) is 5.97. The monoisotopic (exact) mass is 343 g/mol. The first-order chi connectivity index (χ1) is 9.42. The quantitative estimate of drug-likeness (QED) is 0.866. The average molecular weight is 344 g/mol. The van der Waals surface area contributed by atoms with E-state index in [2.05, 4.69) is 21.2 Å². The Labute approximate surface area is 123 Å².